The van der Waals surface area contributed by atoms with Gasteiger partial charge in [0.1, 0.15) is 23.9 Å². The van der Waals surface area contributed by atoms with E-state index in [4.69, 9.17) is 15.0 Å². The lowest BCUT2D eigenvalue weighted by atomic mass is 10.3. The second kappa shape index (κ2) is 10.3. The Kier molecular flexibility index (Phi) is 7.68. The number of rotatable bonds is 11. The molecule has 0 bridgehead atoms. The zero-order valence-corrected chi connectivity index (χ0v) is 19.9. The van der Waals surface area contributed by atoms with E-state index in [2.05, 4.69) is 15.0 Å². The number of nitrogen functional groups attached to an aromatic ring is 1. The van der Waals surface area contributed by atoms with Crippen LogP contribution in [-0.4, -0.2) is 54.7 Å². The molecular formula is C21H28N6O5P-. The molecule has 0 saturated carbocycles. The van der Waals surface area contributed by atoms with Gasteiger partial charge in [-0.3, -0.25) is 4.57 Å². The number of carboxylic acid groups (broad SMARTS) is 1. The van der Waals surface area contributed by atoms with E-state index >= 15 is 0 Å². The molecular weight excluding hydrogens is 447 g/mol. The lowest BCUT2D eigenvalue weighted by Gasteiger charge is -2.38. The van der Waals surface area contributed by atoms with Gasteiger partial charge in [-0.2, -0.15) is 0 Å². The number of anilines is 1. The van der Waals surface area contributed by atoms with Gasteiger partial charge in [-0.1, -0.05) is 18.2 Å². The van der Waals surface area contributed by atoms with Crippen molar-refractivity contribution in [3.63, 3.8) is 0 Å². The lowest BCUT2D eigenvalue weighted by molar-refractivity contribution is -0.310. The highest BCUT2D eigenvalue weighted by Crippen LogP contribution is 2.53. The van der Waals surface area contributed by atoms with E-state index in [0.29, 0.717) is 23.5 Å². The van der Waals surface area contributed by atoms with Gasteiger partial charge in [0.25, 0.3) is 0 Å². The maximum absolute atomic E-state index is 14.1. The molecule has 2 N–H and O–H groups in total. The highest BCUT2D eigenvalue weighted by molar-refractivity contribution is 7.56. The first-order valence-corrected chi connectivity index (χ1v) is 12.2. The van der Waals surface area contributed by atoms with Crippen LogP contribution in [0, 0.1) is 0 Å². The Hall–Kier alpha value is -3.01. The van der Waals surface area contributed by atoms with Crippen molar-refractivity contribution in [1.82, 2.24) is 24.2 Å². The molecule has 0 radical (unpaired) electrons. The van der Waals surface area contributed by atoms with Crippen molar-refractivity contribution in [2.75, 3.05) is 12.1 Å². The summed E-state index contributed by atoms with van der Waals surface area (Å²) in [6, 6.07) is 7.01. The summed E-state index contributed by atoms with van der Waals surface area (Å²) in [6.45, 7) is 7.04. The number of benzene rings is 1. The minimum absolute atomic E-state index is 0.275. The van der Waals surface area contributed by atoms with E-state index in [1.807, 2.05) is 0 Å². The van der Waals surface area contributed by atoms with Crippen LogP contribution in [0.4, 0.5) is 5.82 Å². The maximum atomic E-state index is 14.1. The number of carboxylic acids is 1. The van der Waals surface area contributed by atoms with Crippen LogP contribution >= 0.6 is 7.52 Å². The van der Waals surface area contributed by atoms with E-state index < -0.39 is 31.7 Å². The first-order valence-electron chi connectivity index (χ1n) is 10.5. The van der Waals surface area contributed by atoms with Crippen molar-refractivity contribution in [2.24, 2.45) is 0 Å². The molecule has 0 aliphatic carbocycles. The zero-order valence-electron chi connectivity index (χ0n) is 19.0. The molecule has 0 saturated heterocycles. The summed E-state index contributed by atoms with van der Waals surface area (Å²) in [5, 5.41) is 11.6. The molecule has 2 aromatic heterocycles. The van der Waals surface area contributed by atoms with Crippen LogP contribution in [0.3, 0.4) is 0 Å². The number of aromatic nitrogens is 4. The third-order valence-electron chi connectivity index (χ3n) is 5.02. The second-order valence-electron chi connectivity index (χ2n) is 7.95. The van der Waals surface area contributed by atoms with E-state index in [9.17, 15) is 14.5 Å². The number of nitrogens with two attached hydrogens (primary N) is 1. The number of carbonyl (C=O) groups excluding carboxylic acids is 1. The van der Waals surface area contributed by atoms with Gasteiger partial charge in [0.2, 0.25) is 0 Å². The molecule has 0 amide bonds. The highest BCUT2D eigenvalue weighted by Gasteiger charge is 2.40. The summed E-state index contributed by atoms with van der Waals surface area (Å²) >= 11 is 0. The molecule has 0 fully saturated rings. The minimum Gasteiger partial charge on any atom is -0.548 e. The normalized spacial score (nSPS) is 15.5. The van der Waals surface area contributed by atoms with Gasteiger partial charge >= 0.3 is 7.52 Å². The summed E-state index contributed by atoms with van der Waals surface area (Å²) in [5.74, 6) is -0.728. The van der Waals surface area contributed by atoms with E-state index in [0.717, 1.165) is 0 Å². The molecule has 2 heterocycles. The van der Waals surface area contributed by atoms with Crippen LogP contribution in [0.2, 0.25) is 0 Å². The number of carbonyl (C=O) groups is 1. The Bertz CT molecular complexity index is 1140. The molecule has 12 heteroatoms. The lowest BCUT2D eigenvalue weighted by Crippen LogP contribution is -2.48. The van der Waals surface area contributed by atoms with Crippen LogP contribution in [0.1, 0.15) is 27.7 Å². The predicted molar refractivity (Wildman–Crippen MR) is 121 cm³/mol. The Morgan fingerprint density at radius 2 is 1.88 bits per heavy atom. The summed E-state index contributed by atoms with van der Waals surface area (Å²) < 4.78 is 28.9. The molecule has 0 aliphatic heterocycles. The van der Waals surface area contributed by atoms with Crippen molar-refractivity contribution in [3.8, 4) is 5.75 Å². The number of hydrogen-bond donors (Lipinski definition) is 1. The molecule has 3 aromatic rings. The Morgan fingerprint density at radius 1 is 1.18 bits per heavy atom. The molecule has 11 nitrogen and oxygen atoms in total. The number of para-hydroxylation sites is 1. The Labute approximate surface area is 192 Å². The Morgan fingerprint density at radius 3 is 2.52 bits per heavy atom. The number of hydrogen-bond acceptors (Lipinski definition) is 9. The zero-order chi connectivity index (χ0) is 24.2. The van der Waals surface area contributed by atoms with Gasteiger partial charge in [-0.25, -0.2) is 19.6 Å². The summed E-state index contributed by atoms with van der Waals surface area (Å²) in [4.78, 5) is 24.0. The fourth-order valence-electron chi connectivity index (χ4n) is 3.54. The van der Waals surface area contributed by atoms with E-state index in [1.54, 1.807) is 62.0 Å². The number of nitrogens with zero attached hydrogens (tertiary/aromatic N) is 5. The van der Waals surface area contributed by atoms with Crippen molar-refractivity contribution >= 4 is 30.5 Å². The number of imidazole rings is 1. The van der Waals surface area contributed by atoms with Crippen LogP contribution in [0.15, 0.2) is 43.0 Å². The average molecular weight is 475 g/mol. The smallest absolute Gasteiger partial charge is 0.345 e. The number of ether oxygens (including phenoxy) is 1. The number of aliphatic carboxylic acids is 1. The van der Waals surface area contributed by atoms with Gasteiger partial charge in [-0.05, 0) is 39.8 Å². The molecule has 178 valence electrons. The average Bonchev–Trinajstić information content (AvgIpc) is 3.17. The van der Waals surface area contributed by atoms with Crippen LogP contribution in [-0.2, 0) is 20.6 Å². The van der Waals surface area contributed by atoms with E-state index in [1.165, 1.54) is 17.9 Å². The fraction of sp³-hybridized carbons (Fsp3) is 0.429. The SMILES string of the molecule is CC(C)N([C@H](C)C(=O)[O-])P(=O)(CO[C@H](C)Cn1cnc2c(N)ncnc21)Oc1ccccc1. The number of fused-ring (bicyclic) bond motifs is 1. The second-order valence-corrected chi connectivity index (χ2v) is 10.1. The molecule has 0 aliphatic rings. The summed E-state index contributed by atoms with van der Waals surface area (Å²) in [6.07, 6.45) is 2.17. The van der Waals surface area contributed by atoms with Crippen molar-refractivity contribution < 1.29 is 23.7 Å². The maximum Gasteiger partial charge on any atom is 0.345 e. The third-order valence-corrected chi connectivity index (χ3v) is 7.50. The van der Waals surface area contributed by atoms with Gasteiger partial charge in [0.15, 0.2) is 11.5 Å². The molecule has 1 unspecified atom stereocenters. The van der Waals surface area contributed by atoms with Gasteiger partial charge < -0.3 is 29.5 Å². The Balaban J connectivity index is 1.82. The topological polar surface area (TPSA) is 149 Å². The summed E-state index contributed by atoms with van der Waals surface area (Å²) in [5.41, 5.74) is 6.87. The van der Waals surface area contributed by atoms with Crippen LogP contribution in [0.5, 0.6) is 5.75 Å². The molecule has 33 heavy (non-hydrogen) atoms. The van der Waals surface area contributed by atoms with E-state index in [-0.39, 0.29) is 12.2 Å². The van der Waals surface area contributed by atoms with Gasteiger partial charge in [-0.15, -0.1) is 0 Å². The van der Waals surface area contributed by atoms with Crippen LogP contribution < -0.4 is 15.4 Å². The molecule has 3 atom stereocenters. The first-order chi connectivity index (χ1) is 15.6. The highest BCUT2D eigenvalue weighted by atomic mass is 31.2. The predicted octanol–water partition coefficient (Wildman–Crippen LogP) is 1.89. The van der Waals surface area contributed by atoms with Gasteiger partial charge in [0.05, 0.1) is 31.0 Å². The largest absolute Gasteiger partial charge is 0.548 e. The molecule has 3 rings (SSSR count). The quantitative estimate of drug-likeness (QED) is 0.407. The third kappa shape index (κ3) is 5.68. The van der Waals surface area contributed by atoms with Gasteiger partial charge in [0, 0.05) is 6.04 Å². The molecule has 0 spiro atoms. The minimum atomic E-state index is -3.80. The van der Waals surface area contributed by atoms with Crippen molar-refractivity contribution in [3.05, 3.63) is 43.0 Å². The standard InChI is InChI=1S/C21H29N6O5P/c1-14(2)27(16(4)21(28)29)33(30,32-17-8-6-5-7-9-17)13-31-15(3)10-26-12-25-18-19(22)23-11-24-20(18)26/h5-9,11-12,14-16H,10,13H2,1-4H3,(H,28,29)(H2,22,23,24)/p-1/t15-,16-,33?/m1/s1. The summed E-state index contributed by atoms with van der Waals surface area (Å²) in [7, 11) is -3.80. The molecule has 1 aromatic carbocycles. The monoisotopic (exact) mass is 475 g/mol. The van der Waals surface area contributed by atoms with Crippen molar-refractivity contribution in [2.45, 2.75) is 52.4 Å². The van der Waals surface area contributed by atoms with Crippen LogP contribution in [0.25, 0.3) is 11.2 Å². The fourth-order valence-corrected chi connectivity index (χ4v) is 6.04. The first kappa shape index (κ1) is 24.6. The van der Waals surface area contributed by atoms with Crippen molar-refractivity contribution in [1.29, 1.82) is 0 Å².